The van der Waals surface area contributed by atoms with Crippen LogP contribution >= 0.6 is 0 Å². The highest BCUT2D eigenvalue weighted by molar-refractivity contribution is 5.91. The first-order chi connectivity index (χ1) is 11.7. The maximum absolute atomic E-state index is 12.8. The van der Waals surface area contributed by atoms with E-state index in [9.17, 15) is 4.79 Å². The molecular weight excluding hydrogens is 302 g/mol. The largest absolute Gasteiger partial charge is 0.352 e. The van der Waals surface area contributed by atoms with E-state index in [2.05, 4.69) is 28.2 Å². The lowest BCUT2D eigenvalue weighted by molar-refractivity contribution is 0.570. The number of aromatic nitrogens is 2. The summed E-state index contributed by atoms with van der Waals surface area (Å²) in [6, 6.07) is 17.4. The highest BCUT2D eigenvalue weighted by atomic mass is 16.1. The molecule has 0 saturated carbocycles. The lowest BCUT2D eigenvalue weighted by atomic mass is 10.1. The molecule has 0 spiro atoms. The van der Waals surface area contributed by atoms with Gasteiger partial charge in [0.2, 0.25) is 0 Å². The van der Waals surface area contributed by atoms with E-state index < -0.39 is 0 Å². The van der Waals surface area contributed by atoms with Gasteiger partial charge < -0.3 is 5.32 Å². The average Bonchev–Trinajstić information content (AvgIpc) is 3.03. The van der Waals surface area contributed by atoms with Crippen LogP contribution in [0.15, 0.2) is 59.4 Å². The molecule has 1 fully saturated rings. The first-order valence-corrected chi connectivity index (χ1v) is 8.07. The van der Waals surface area contributed by atoms with Crippen LogP contribution in [0.3, 0.4) is 0 Å². The summed E-state index contributed by atoms with van der Waals surface area (Å²) < 4.78 is 1.45. The van der Waals surface area contributed by atoms with Gasteiger partial charge in [-0.25, -0.2) is 5.43 Å². The summed E-state index contributed by atoms with van der Waals surface area (Å²) >= 11 is 0. The monoisotopic (exact) mass is 321 g/mol. The van der Waals surface area contributed by atoms with Crippen LogP contribution in [0.25, 0.3) is 16.5 Å². The molecule has 24 heavy (non-hydrogen) atoms. The maximum atomic E-state index is 12.8. The van der Waals surface area contributed by atoms with E-state index in [-0.39, 0.29) is 11.7 Å². The number of anilines is 1. The van der Waals surface area contributed by atoms with Crippen molar-refractivity contribution in [3.8, 4) is 5.69 Å². The maximum Gasteiger partial charge on any atom is 0.279 e. The second-order valence-corrected chi connectivity index (χ2v) is 6.07. The summed E-state index contributed by atoms with van der Waals surface area (Å²) in [5, 5.41) is 9.47. The highest BCUT2D eigenvalue weighted by Gasteiger charge is 2.21. The van der Waals surface area contributed by atoms with Crippen LogP contribution in [-0.2, 0) is 0 Å². The zero-order valence-electron chi connectivity index (χ0n) is 13.4. The van der Waals surface area contributed by atoms with Gasteiger partial charge >= 0.3 is 0 Å². The van der Waals surface area contributed by atoms with Crippen LogP contribution in [-0.4, -0.2) is 22.0 Å². The third kappa shape index (κ3) is 2.66. The fourth-order valence-electron chi connectivity index (χ4n) is 3.01. The first kappa shape index (κ1) is 14.9. The second-order valence-electron chi connectivity index (χ2n) is 6.07. The Kier molecular flexibility index (Phi) is 3.76. The van der Waals surface area contributed by atoms with Crippen molar-refractivity contribution < 1.29 is 0 Å². The first-order valence-electron chi connectivity index (χ1n) is 8.07. The van der Waals surface area contributed by atoms with Gasteiger partial charge in [-0.1, -0.05) is 36.4 Å². The number of hydrogen-bond donors (Lipinski definition) is 3. The average molecular weight is 321 g/mol. The summed E-state index contributed by atoms with van der Waals surface area (Å²) in [5.41, 5.74) is 7.03. The van der Waals surface area contributed by atoms with Crippen LogP contribution < -0.4 is 21.7 Å². The van der Waals surface area contributed by atoms with Crippen molar-refractivity contribution in [1.29, 1.82) is 0 Å². The number of fused-ring (bicyclic) bond motifs is 1. The number of nitrogens with zero attached hydrogens (tertiary/aromatic N) is 2. The van der Waals surface area contributed by atoms with Gasteiger partial charge in [-0.05, 0) is 31.5 Å². The van der Waals surface area contributed by atoms with Crippen molar-refractivity contribution in [3.63, 3.8) is 0 Å². The molecule has 0 bridgehead atoms. The predicted molar refractivity (Wildman–Crippen MR) is 95.1 cm³/mol. The van der Waals surface area contributed by atoms with Gasteiger partial charge in [0, 0.05) is 11.4 Å². The van der Waals surface area contributed by atoms with E-state index in [1.165, 1.54) is 4.68 Å². The van der Waals surface area contributed by atoms with Crippen LogP contribution in [0.2, 0.25) is 0 Å². The van der Waals surface area contributed by atoms with Gasteiger partial charge in [-0.3, -0.25) is 10.2 Å². The van der Waals surface area contributed by atoms with E-state index in [0.717, 1.165) is 17.5 Å². The van der Waals surface area contributed by atoms with E-state index in [4.69, 9.17) is 0 Å². The third-order valence-corrected chi connectivity index (χ3v) is 4.21. The van der Waals surface area contributed by atoms with E-state index >= 15 is 0 Å². The predicted octanol–water partition coefficient (Wildman–Crippen LogP) is 2.01. The molecule has 0 aliphatic carbocycles. The molecule has 1 aliphatic heterocycles. The summed E-state index contributed by atoms with van der Waals surface area (Å²) in [6.45, 7) is 2.12. The highest BCUT2D eigenvalue weighted by Crippen LogP contribution is 2.20. The number of rotatable bonds is 3. The molecule has 3 N–H and O–H groups in total. The van der Waals surface area contributed by atoms with Crippen LogP contribution in [0, 0.1) is 0 Å². The molecule has 2 aromatic carbocycles. The van der Waals surface area contributed by atoms with Crippen LogP contribution in [0.4, 0.5) is 5.82 Å². The molecule has 2 heterocycles. The Morgan fingerprint density at radius 1 is 1.04 bits per heavy atom. The lowest BCUT2D eigenvalue weighted by Crippen LogP contribution is -2.37. The van der Waals surface area contributed by atoms with Gasteiger partial charge in [-0.2, -0.15) is 4.68 Å². The van der Waals surface area contributed by atoms with E-state index in [0.29, 0.717) is 17.2 Å². The summed E-state index contributed by atoms with van der Waals surface area (Å²) in [5.74, 6) is 0.697. The zero-order valence-corrected chi connectivity index (χ0v) is 13.4. The SMILES string of the molecule is CC1CC(Nc2nn(-c3ccccc3)c(=O)c3ccccc23)NN1. The summed E-state index contributed by atoms with van der Waals surface area (Å²) in [4.78, 5) is 12.8. The minimum atomic E-state index is -0.117. The third-order valence-electron chi connectivity index (χ3n) is 4.21. The van der Waals surface area contributed by atoms with Crippen molar-refractivity contribution in [2.75, 3.05) is 5.32 Å². The molecule has 0 radical (unpaired) electrons. The van der Waals surface area contributed by atoms with Crippen molar-refractivity contribution in [2.24, 2.45) is 0 Å². The molecule has 6 nitrogen and oxygen atoms in total. The van der Waals surface area contributed by atoms with E-state index in [1.807, 2.05) is 54.6 Å². The van der Waals surface area contributed by atoms with Gasteiger partial charge in [0.1, 0.15) is 0 Å². The second kappa shape index (κ2) is 6.07. The van der Waals surface area contributed by atoms with Gasteiger partial charge in [0.15, 0.2) is 5.82 Å². The van der Waals surface area contributed by atoms with Crippen molar-refractivity contribution in [2.45, 2.75) is 25.6 Å². The Hall–Kier alpha value is -2.70. The molecule has 0 amide bonds. The number of nitrogens with one attached hydrogen (secondary N) is 3. The fraction of sp³-hybridized carbons (Fsp3) is 0.222. The summed E-state index contributed by atoms with van der Waals surface area (Å²) in [6.07, 6.45) is 0.998. The Morgan fingerprint density at radius 3 is 2.46 bits per heavy atom. The van der Waals surface area contributed by atoms with Crippen LogP contribution in [0.5, 0.6) is 0 Å². The number of hydrazine groups is 1. The van der Waals surface area contributed by atoms with Crippen molar-refractivity contribution in [1.82, 2.24) is 20.6 Å². The number of hydrogen-bond acceptors (Lipinski definition) is 5. The molecule has 1 saturated heterocycles. The molecule has 4 rings (SSSR count). The molecular formula is C18H19N5O. The van der Waals surface area contributed by atoms with E-state index in [1.54, 1.807) is 0 Å². The molecule has 1 aliphatic rings. The van der Waals surface area contributed by atoms with Crippen LogP contribution in [0.1, 0.15) is 13.3 Å². The Bertz CT molecular complexity index is 922. The quantitative estimate of drug-likeness (QED) is 0.688. The Balaban J connectivity index is 1.86. The van der Waals surface area contributed by atoms with Gasteiger partial charge in [0.25, 0.3) is 5.56 Å². The fourth-order valence-corrected chi connectivity index (χ4v) is 3.01. The Morgan fingerprint density at radius 2 is 1.75 bits per heavy atom. The molecule has 1 aromatic heterocycles. The molecule has 6 heteroatoms. The van der Waals surface area contributed by atoms with Gasteiger partial charge in [0.05, 0.1) is 17.2 Å². The minimum absolute atomic E-state index is 0.0673. The summed E-state index contributed by atoms with van der Waals surface area (Å²) in [7, 11) is 0. The van der Waals surface area contributed by atoms with Gasteiger partial charge in [-0.15, -0.1) is 5.10 Å². The number of para-hydroxylation sites is 1. The standard InChI is InChI=1S/C18H19N5O/c1-12-11-16(21-20-12)19-17-14-9-5-6-10-15(14)18(24)23(22-17)13-7-3-2-4-8-13/h2-10,12,16,20-21H,11H2,1H3,(H,19,22). The molecule has 2 atom stereocenters. The Labute approximate surface area is 139 Å². The minimum Gasteiger partial charge on any atom is -0.352 e. The number of benzene rings is 2. The van der Waals surface area contributed by atoms with Crippen molar-refractivity contribution >= 4 is 16.6 Å². The lowest BCUT2D eigenvalue weighted by Gasteiger charge is -2.16. The normalized spacial score (nSPS) is 20.4. The molecule has 3 aromatic rings. The van der Waals surface area contributed by atoms with Crippen molar-refractivity contribution in [3.05, 3.63) is 65.0 Å². The smallest absolute Gasteiger partial charge is 0.279 e. The molecule has 2 unspecified atom stereocenters. The molecule has 122 valence electrons. The topological polar surface area (TPSA) is 71.0 Å². The zero-order chi connectivity index (χ0) is 16.5.